The van der Waals surface area contributed by atoms with Gasteiger partial charge in [0, 0.05) is 11.9 Å². The summed E-state index contributed by atoms with van der Waals surface area (Å²) in [6.07, 6.45) is 3.40. The first kappa shape index (κ1) is 9.07. The number of benzene rings is 1. The average Bonchev–Trinajstić information content (AvgIpc) is 2.74. The SMILES string of the molecule is C1=C(c2snc3ccccc23)CCNC1. The van der Waals surface area contributed by atoms with E-state index in [0.29, 0.717) is 0 Å². The van der Waals surface area contributed by atoms with Crippen LogP contribution in [0.2, 0.25) is 0 Å². The van der Waals surface area contributed by atoms with E-state index in [1.165, 1.54) is 15.8 Å². The van der Waals surface area contributed by atoms with Gasteiger partial charge in [0.2, 0.25) is 0 Å². The molecule has 0 amide bonds. The number of aromatic nitrogens is 1. The second-order valence-electron chi connectivity index (χ2n) is 3.71. The van der Waals surface area contributed by atoms with Crippen LogP contribution in [0.25, 0.3) is 16.5 Å². The van der Waals surface area contributed by atoms with Crippen LogP contribution in [0.5, 0.6) is 0 Å². The molecule has 2 heterocycles. The van der Waals surface area contributed by atoms with Crippen molar-refractivity contribution in [1.82, 2.24) is 9.69 Å². The average molecular weight is 216 g/mol. The Morgan fingerprint density at radius 3 is 3.07 bits per heavy atom. The fourth-order valence-corrected chi connectivity index (χ4v) is 2.87. The van der Waals surface area contributed by atoms with Gasteiger partial charge >= 0.3 is 0 Å². The minimum absolute atomic E-state index is 0.988. The highest BCUT2D eigenvalue weighted by molar-refractivity contribution is 7.08. The topological polar surface area (TPSA) is 24.9 Å². The van der Waals surface area contributed by atoms with E-state index in [0.717, 1.165) is 25.0 Å². The predicted octanol–water partition coefficient (Wildman–Crippen LogP) is 2.67. The zero-order valence-corrected chi connectivity index (χ0v) is 9.18. The van der Waals surface area contributed by atoms with E-state index in [-0.39, 0.29) is 0 Å². The molecule has 3 rings (SSSR count). The quantitative estimate of drug-likeness (QED) is 0.792. The van der Waals surface area contributed by atoms with Crippen molar-refractivity contribution in [2.75, 3.05) is 13.1 Å². The lowest BCUT2D eigenvalue weighted by atomic mass is 10.0. The Morgan fingerprint density at radius 2 is 2.20 bits per heavy atom. The van der Waals surface area contributed by atoms with Crippen molar-refractivity contribution in [1.29, 1.82) is 0 Å². The molecule has 0 atom stereocenters. The molecule has 0 spiro atoms. The first-order valence-corrected chi connectivity index (χ1v) is 5.97. The zero-order valence-electron chi connectivity index (χ0n) is 8.36. The summed E-state index contributed by atoms with van der Waals surface area (Å²) in [5.74, 6) is 0. The fraction of sp³-hybridized carbons (Fsp3) is 0.250. The molecule has 2 aromatic rings. The van der Waals surface area contributed by atoms with Gasteiger partial charge in [-0.1, -0.05) is 24.3 Å². The van der Waals surface area contributed by atoms with E-state index in [1.54, 1.807) is 11.5 Å². The monoisotopic (exact) mass is 216 g/mol. The third-order valence-electron chi connectivity index (χ3n) is 2.74. The van der Waals surface area contributed by atoms with Crippen molar-refractivity contribution in [3.63, 3.8) is 0 Å². The zero-order chi connectivity index (χ0) is 10.1. The minimum atomic E-state index is 0.988. The number of nitrogens with one attached hydrogen (secondary N) is 1. The van der Waals surface area contributed by atoms with E-state index < -0.39 is 0 Å². The van der Waals surface area contributed by atoms with E-state index in [1.807, 2.05) is 6.07 Å². The Bertz CT molecular complexity index is 513. The third kappa shape index (κ3) is 1.58. The number of nitrogens with zero attached hydrogens (tertiary/aromatic N) is 1. The molecule has 1 N–H and O–H groups in total. The predicted molar refractivity (Wildman–Crippen MR) is 65.1 cm³/mol. The van der Waals surface area contributed by atoms with Gasteiger partial charge in [0.25, 0.3) is 0 Å². The molecule has 0 radical (unpaired) electrons. The van der Waals surface area contributed by atoms with Crippen molar-refractivity contribution >= 4 is 28.0 Å². The van der Waals surface area contributed by atoms with Gasteiger partial charge in [-0.25, -0.2) is 0 Å². The maximum Gasteiger partial charge on any atom is 0.0847 e. The van der Waals surface area contributed by atoms with Gasteiger partial charge in [-0.2, -0.15) is 4.37 Å². The summed E-state index contributed by atoms with van der Waals surface area (Å²) in [4.78, 5) is 1.35. The smallest absolute Gasteiger partial charge is 0.0847 e. The molecular formula is C12H12N2S. The Labute approximate surface area is 92.8 Å². The second kappa shape index (κ2) is 3.76. The van der Waals surface area contributed by atoms with Gasteiger partial charge in [-0.15, -0.1) is 0 Å². The van der Waals surface area contributed by atoms with Gasteiger partial charge in [0.05, 0.1) is 10.4 Å². The van der Waals surface area contributed by atoms with Crippen LogP contribution >= 0.6 is 11.5 Å². The summed E-state index contributed by atoms with van der Waals surface area (Å²) < 4.78 is 4.47. The number of fused-ring (bicyclic) bond motifs is 1. The molecule has 1 aliphatic heterocycles. The molecule has 2 nitrogen and oxygen atoms in total. The summed E-state index contributed by atoms with van der Waals surface area (Å²) in [7, 11) is 0. The summed E-state index contributed by atoms with van der Waals surface area (Å²) in [6, 6.07) is 8.37. The van der Waals surface area contributed by atoms with Gasteiger partial charge in [0.1, 0.15) is 0 Å². The Kier molecular flexibility index (Phi) is 2.27. The largest absolute Gasteiger partial charge is 0.313 e. The third-order valence-corrected chi connectivity index (χ3v) is 3.69. The molecule has 1 aliphatic rings. The summed E-state index contributed by atoms with van der Waals surface area (Å²) in [5, 5.41) is 4.63. The molecule has 15 heavy (non-hydrogen) atoms. The summed E-state index contributed by atoms with van der Waals surface area (Å²) >= 11 is 1.62. The van der Waals surface area contributed by atoms with Crippen molar-refractivity contribution in [2.24, 2.45) is 0 Å². The lowest BCUT2D eigenvalue weighted by Crippen LogP contribution is -2.19. The standard InChI is InChI=1S/C12H12N2S/c1-2-4-11-10(3-1)12(15-14-11)9-5-7-13-8-6-9/h1-5,13H,6-8H2. The first-order chi connectivity index (χ1) is 7.45. The maximum absolute atomic E-state index is 4.47. The lowest BCUT2D eigenvalue weighted by Gasteiger charge is -2.12. The number of hydrogen-bond acceptors (Lipinski definition) is 3. The molecule has 0 saturated carbocycles. The molecule has 0 unspecified atom stereocenters. The van der Waals surface area contributed by atoms with Gasteiger partial charge in [-0.3, -0.25) is 0 Å². The Morgan fingerprint density at radius 1 is 1.27 bits per heavy atom. The molecule has 0 aliphatic carbocycles. The van der Waals surface area contributed by atoms with E-state index in [4.69, 9.17) is 0 Å². The van der Waals surface area contributed by atoms with Gasteiger partial charge < -0.3 is 5.32 Å². The summed E-state index contributed by atoms with van der Waals surface area (Å²) in [6.45, 7) is 2.07. The van der Waals surface area contributed by atoms with E-state index in [9.17, 15) is 0 Å². The maximum atomic E-state index is 4.47. The molecular weight excluding hydrogens is 204 g/mol. The van der Waals surface area contributed by atoms with Crippen LogP contribution in [0.4, 0.5) is 0 Å². The number of hydrogen-bond donors (Lipinski definition) is 1. The van der Waals surface area contributed by atoms with E-state index >= 15 is 0 Å². The second-order valence-corrected chi connectivity index (χ2v) is 4.49. The molecule has 3 heteroatoms. The highest BCUT2D eigenvalue weighted by Gasteiger charge is 2.11. The van der Waals surface area contributed by atoms with Crippen LogP contribution in [0.1, 0.15) is 11.3 Å². The van der Waals surface area contributed by atoms with Gasteiger partial charge in [-0.05, 0) is 36.1 Å². The highest BCUT2D eigenvalue weighted by atomic mass is 32.1. The minimum Gasteiger partial charge on any atom is -0.313 e. The highest BCUT2D eigenvalue weighted by Crippen LogP contribution is 2.31. The van der Waals surface area contributed by atoms with Crippen molar-refractivity contribution in [2.45, 2.75) is 6.42 Å². The molecule has 0 fully saturated rings. The van der Waals surface area contributed by atoms with Crippen molar-refractivity contribution in [3.8, 4) is 0 Å². The van der Waals surface area contributed by atoms with Crippen LogP contribution < -0.4 is 5.32 Å². The number of rotatable bonds is 1. The van der Waals surface area contributed by atoms with Crippen LogP contribution in [0.3, 0.4) is 0 Å². The molecule has 0 saturated heterocycles. The van der Waals surface area contributed by atoms with Crippen LogP contribution in [0.15, 0.2) is 30.3 Å². The molecule has 0 bridgehead atoms. The van der Waals surface area contributed by atoms with Crippen LogP contribution in [-0.4, -0.2) is 17.5 Å². The first-order valence-electron chi connectivity index (χ1n) is 5.20. The molecule has 1 aromatic carbocycles. The van der Waals surface area contributed by atoms with Crippen LogP contribution in [0, 0.1) is 0 Å². The Hall–Kier alpha value is -1.19. The molecule has 76 valence electrons. The molecule has 1 aromatic heterocycles. The van der Waals surface area contributed by atoms with Crippen molar-refractivity contribution < 1.29 is 0 Å². The van der Waals surface area contributed by atoms with Crippen molar-refractivity contribution in [3.05, 3.63) is 35.2 Å². The van der Waals surface area contributed by atoms with E-state index in [2.05, 4.69) is 34.0 Å². The normalized spacial score (nSPS) is 16.7. The summed E-state index contributed by atoms with van der Waals surface area (Å²) in [5.41, 5.74) is 2.57. The fourth-order valence-electron chi connectivity index (χ4n) is 1.95. The van der Waals surface area contributed by atoms with Crippen LogP contribution in [-0.2, 0) is 0 Å². The Balaban J connectivity index is 2.14. The van der Waals surface area contributed by atoms with Gasteiger partial charge in [0.15, 0.2) is 0 Å². The lowest BCUT2D eigenvalue weighted by molar-refractivity contribution is 0.740.